The van der Waals surface area contributed by atoms with Crippen molar-refractivity contribution in [2.24, 2.45) is 5.92 Å². The molecule has 0 amide bonds. The lowest BCUT2D eigenvalue weighted by Crippen LogP contribution is -2.40. The number of rotatable bonds is 4. The summed E-state index contributed by atoms with van der Waals surface area (Å²) in [6.07, 6.45) is 6.41. The van der Waals surface area contributed by atoms with Crippen LogP contribution in [0, 0.1) is 5.92 Å². The summed E-state index contributed by atoms with van der Waals surface area (Å²) in [6.45, 7) is 5.22. The second kappa shape index (κ2) is 5.38. The van der Waals surface area contributed by atoms with Gasteiger partial charge in [0.1, 0.15) is 0 Å². The van der Waals surface area contributed by atoms with Gasteiger partial charge in [0.25, 0.3) is 0 Å². The van der Waals surface area contributed by atoms with Crippen LogP contribution < -0.4 is 5.32 Å². The predicted octanol–water partition coefficient (Wildman–Crippen LogP) is 1.42. The van der Waals surface area contributed by atoms with Gasteiger partial charge >= 0.3 is 0 Å². The van der Waals surface area contributed by atoms with Crippen molar-refractivity contribution in [2.45, 2.75) is 25.3 Å². The minimum absolute atomic E-state index is 0.818. The third-order valence-electron chi connectivity index (χ3n) is 3.50. The zero-order chi connectivity index (χ0) is 9.80. The summed E-state index contributed by atoms with van der Waals surface area (Å²) in [5.74, 6) is 2.28. The maximum Gasteiger partial charge on any atom is 0.0235 e. The van der Waals surface area contributed by atoms with E-state index < -0.39 is 0 Å². The zero-order valence-corrected chi connectivity index (χ0v) is 9.98. The van der Waals surface area contributed by atoms with Crippen molar-refractivity contribution in [1.82, 2.24) is 10.2 Å². The van der Waals surface area contributed by atoms with Gasteiger partial charge < -0.3 is 10.2 Å². The molecule has 2 aliphatic rings. The fourth-order valence-electron chi connectivity index (χ4n) is 2.75. The van der Waals surface area contributed by atoms with Crippen LogP contribution in [0.5, 0.6) is 0 Å². The molecule has 2 heterocycles. The monoisotopic (exact) mass is 214 g/mol. The third-order valence-corrected chi connectivity index (χ3v) is 4.19. The number of hydrogen-bond donors (Lipinski definition) is 1. The number of likely N-dealkylation sites (tertiary alicyclic amines) is 1. The van der Waals surface area contributed by atoms with Crippen LogP contribution >= 0.6 is 11.8 Å². The lowest BCUT2D eigenvalue weighted by Gasteiger charge is -2.24. The highest BCUT2D eigenvalue weighted by molar-refractivity contribution is 7.98. The lowest BCUT2D eigenvalue weighted by molar-refractivity contribution is 0.320. The van der Waals surface area contributed by atoms with Crippen molar-refractivity contribution in [2.75, 3.05) is 38.2 Å². The Balaban J connectivity index is 1.70. The normalized spacial score (nSPS) is 33.2. The molecule has 2 atom stereocenters. The summed E-state index contributed by atoms with van der Waals surface area (Å²) in [6, 6.07) is 0.818. The third kappa shape index (κ3) is 2.65. The summed E-state index contributed by atoms with van der Waals surface area (Å²) in [7, 11) is 0. The Hall–Kier alpha value is 0.270. The van der Waals surface area contributed by atoms with E-state index in [4.69, 9.17) is 0 Å². The van der Waals surface area contributed by atoms with E-state index in [0.717, 1.165) is 12.0 Å². The molecule has 0 saturated carbocycles. The molecule has 0 unspecified atom stereocenters. The average Bonchev–Trinajstić information content (AvgIpc) is 2.60. The van der Waals surface area contributed by atoms with Crippen LogP contribution in [0.15, 0.2) is 0 Å². The van der Waals surface area contributed by atoms with Crippen molar-refractivity contribution >= 4 is 11.8 Å². The van der Waals surface area contributed by atoms with Crippen LogP contribution in [-0.2, 0) is 0 Å². The van der Waals surface area contributed by atoms with Crippen molar-refractivity contribution in [3.8, 4) is 0 Å². The first-order chi connectivity index (χ1) is 6.90. The van der Waals surface area contributed by atoms with E-state index in [0.29, 0.717) is 0 Å². The number of fused-ring (bicyclic) bond motifs is 1. The number of nitrogens with one attached hydrogen (secondary N) is 1. The predicted molar refractivity (Wildman–Crippen MR) is 64.0 cm³/mol. The first-order valence-corrected chi connectivity index (χ1v) is 7.24. The highest BCUT2D eigenvalue weighted by atomic mass is 32.2. The Morgan fingerprint density at radius 3 is 3.14 bits per heavy atom. The standard InChI is InChI=1S/C11H22N2S/c1-14-7-3-6-13-8-10-4-2-5-12-11(10)9-13/h10-12H,2-9H2,1H3/t10-,11+/m0/s1. The van der Waals surface area contributed by atoms with Gasteiger partial charge in [0, 0.05) is 19.1 Å². The molecule has 2 nitrogen and oxygen atoms in total. The van der Waals surface area contributed by atoms with Gasteiger partial charge in [0.15, 0.2) is 0 Å². The van der Waals surface area contributed by atoms with Gasteiger partial charge in [-0.15, -0.1) is 0 Å². The summed E-state index contributed by atoms with van der Waals surface area (Å²) >= 11 is 1.97. The lowest BCUT2D eigenvalue weighted by atomic mass is 9.94. The van der Waals surface area contributed by atoms with E-state index in [-0.39, 0.29) is 0 Å². The fraction of sp³-hybridized carbons (Fsp3) is 1.00. The Morgan fingerprint density at radius 2 is 2.36 bits per heavy atom. The van der Waals surface area contributed by atoms with Crippen molar-refractivity contribution in [1.29, 1.82) is 0 Å². The number of nitrogens with zero attached hydrogens (tertiary/aromatic N) is 1. The van der Waals surface area contributed by atoms with Gasteiger partial charge in [0.2, 0.25) is 0 Å². The fourth-order valence-corrected chi connectivity index (χ4v) is 3.17. The van der Waals surface area contributed by atoms with E-state index >= 15 is 0 Å². The topological polar surface area (TPSA) is 15.3 Å². The van der Waals surface area contributed by atoms with E-state index in [1.165, 1.54) is 51.2 Å². The van der Waals surface area contributed by atoms with Gasteiger partial charge in [-0.25, -0.2) is 0 Å². The summed E-state index contributed by atoms with van der Waals surface area (Å²) in [4.78, 5) is 2.66. The summed E-state index contributed by atoms with van der Waals surface area (Å²) in [5, 5.41) is 3.65. The van der Waals surface area contributed by atoms with Crippen molar-refractivity contribution in [3.05, 3.63) is 0 Å². The number of thioether (sulfide) groups is 1. The molecule has 0 aliphatic carbocycles. The molecule has 82 valence electrons. The molecule has 2 saturated heterocycles. The minimum Gasteiger partial charge on any atom is -0.312 e. The van der Waals surface area contributed by atoms with Crippen LogP contribution in [0.2, 0.25) is 0 Å². The molecule has 0 spiro atoms. The van der Waals surface area contributed by atoms with Gasteiger partial charge in [-0.2, -0.15) is 11.8 Å². The van der Waals surface area contributed by atoms with Gasteiger partial charge in [-0.05, 0) is 50.3 Å². The molecule has 2 fully saturated rings. The quantitative estimate of drug-likeness (QED) is 0.713. The molecule has 0 radical (unpaired) electrons. The molecule has 2 aliphatic heterocycles. The van der Waals surface area contributed by atoms with Crippen LogP contribution in [0.4, 0.5) is 0 Å². The maximum absolute atomic E-state index is 3.65. The first kappa shape index (κ1) is 10.8. The van der Waals surface area contributed by atoms with Gasteiger partial charge in [-0.3, -0.25) is 0 Å². The molecule has 3 heteroatoms. The zero-order valence-electron chi connectivity index (χ0n) is 9.17. The second-order valence-electron chi connectivity index (χ2n) is 4.57. The highest BCUT2D eigenvalue weighted by Gasteiger charge is 2.33. The highest BCUT2D eigenvalue weighted by Crippen LogP contribution is 2.24. The molecular weight excluding hydrogens is 192 g/mol. The van der Waals surface area contributed by atoms with Crippen LogP contribution in [-0.4, -0.2) is 49.1 Å². The molecule has 0 aromatic heterocycles. The average molecular weight is 214 g/mol. The second-order valence-corrected chi connectivity index (χ2v) is 5.55. The van der Waals surface area contributed by atoms with E-state index in [9.17, 15) is 0 Å². The smallest absolute Gasteiger partial charge is 0.0235 e. The largest absolute Gasteiger partial charge is 0.312 e. The molecule has 14 heavy (non-hydrogen) atoms. The first-order valence-electron chi connectivity index (χ1n) is 5.85. The molecule has 0 aromatic carbocycles. The van der Waals surface area contributed by atoms with E-state index in [1.54, 1.807) is 0 Å². The Kier molecular flexibility index (Phi) is 4.14. The van der Waals surface area contributed by atoms with E-state index in [2.05, 4.69) is 16.5 Å². The maximum atomic E-state index is 3.65. The van der Waals surface area contributed by atoms with Gasteiger partial charge in [0.05, 0.1) is 0 Å². The Bertz CT molecular complexity index is 161. The molecule has 1 N–H and O–H groups in total. The molecule has 0 aromatic rings. The molecular formula is C11H22N2S. The van der Waals surface area contributed by atoms with Crippen molar-refractivity contribution < 1.29 is 0 Å². The SMILES string of the molecule is CSCCCN1C[C@@H]2CCCN[C@@H]2C1. The Labute approximate surface area is 91.8 Å². The minimum atomic E-state index is 0.818. The van der Waals surface area contributed by atoms with Crippen molar-refractivity contribution in [3.63, 3.8) is 0 Å². The number of piperidine rings is 1. The van der Waals surface area contributed by atoms with Crippen LogP contribution in [0.1, 0.15) is 19.3 Å². The summed E-state index contributed by atoms with van der Waals surface area (Å²) in [5.41, 5.74) is 0. The summed E-state index contributed by atoms with van der Waals surface area (Å²) < 4.78 is 0. The van der Waals surface area contributed by atoms with Crippen LogP contribution in [0.3, 0.4) is 0 Å². The number of hydrogen-bond acceptors (Lipinski definition) is 3. The van der Waals surface area contributed by atoms with Gasteiger partial charge in [-0.1, -0.05) is 0 Å². The molecule has 2 rings (SSSR count). The molecule has 0 bridgehead atoms. The van der Waals surface area contributed by atoms with E-state index in [1.807, 2.05) is 11.8 Å². The Morgan fingerprint density at radius 1 is 1.43 bits per heavy atom. The van der Waals surface area contributed by atoms with Crippen LogP contribution in [0.25, 0.3) is 0 Å².